The Morgan fingerprint density at radius 2 is 1.90 bits per heavy atom. The number of likely N-dealkylation sites (N-methyl/N-ethyl adjacent to an activating group) is 1. The van der Waals surface area contributed by atoms with Crippen molar-refractivity contribution >= 4 is 23.1 Å². The highest BCUT2D eigenvalue weighted by molar-refractivity contribution is 7.10. The molecule has 9 heteroatoms. The highest BCUT2D eigenvalue weighted by atomic mass is 32.1. The Morgan fingerprint density at radius 3 is 2.38 bits per heavy atom. The summed E-state index contributed by atoms with van der Waals surface area (Å²) in [4.78, 5) is 18.6. The van der Waals surface area contributed by atoms with E-state index in [1.807, 2.05) is 0 Å². The summed E-state index contributed by atoms with van der Waals surface area (Å²) in [6.07, 6.45) is 0. The molecule has 2 heterocycles. The number of amides is 1. The third-order valence-electron chi connectivity index (χ3n) is 4.99. The largest absolute Gasteiger partial charge is 0.352 e. The first-order valence-electron chi connectivity index (χ1n) is 8.70. The number of rotatable bonds is 3. The van der Waals surface area contributed by atoms with E-state index < -0.39 is 28.3 Å². The van der Waals surface area contributed by atoms with Gasteiger partial charge in [0.2, 0.25) is 11.0 Å². The minimum absolute atomic E-state index is 0.195. The molecule has 0 saturated carbocycles. The molecule has 1 N–H and O–H groups in total. The SMILES string of the molecule is CN=C=C1N[C@](C)(c2cc(F)c(F)s2)[C@@H](c2ccc(C(C)(F)F)cc2)C(=O)N1C. The summed E-state index contributed by atoms with van der Waals surface area (Å²) in [5, 5.41) is 2.11. The number of carbonyl (C=O) groups is 1. The van der Waals surface area contributed by atoms with Crippen LogP contribution in [0.25, 0.3) is 0 Å². The van der Waals surface area contributed by atoms with Gasteiger partial charge >= 0.3 is 0 Å². The molecule has 3 rings (SSSR count). The number of hydrogen-bond acceptors (Lipinski definition) is 4. The van der Waals surface area contributed by atoms with Crippen LogP contribution in [-0.2, 0) is 16.3 Å². The van der Waals surface area contributed by atoms with Gasteiger partial charge in [0.1, 0.15) is 0 Å². The molecule has 1 aromatic carbocycles. The summed E-state index contributed by atoms with van der Waals surface area (Å²) in [6, 6.07) is 6.40. The van der Waals surface area contributed by atoms with E-state index in [2.05, 4.69) is 16.2 Å². The maximum Gasteiger partial charge on any atom is 0.270 e. The van der Waals surface area contributed by atoms with Crippen molar-refractivity contribution in [2.75, 3.05) is 14.1 Å². The summed E-state index contributed by atoms with van der Waals surface area (Å²) in [5.41, 5.74) is -1.01. The zero-order chi connectivity index (χ0) is 21.6. The zero-order valence-electron chi connectivity index (χ0n) is 16.2. The van der Waals surface area contributed by atoms with Crippen LogP contribution in [0.4, 0.5) is 17.6 Å². The Balaban J connectivity index is 2.17. The quantitative estimate of drug-likeness (QED) is 0.587. The van der Waals surface area contributed by atoms with E-state index in [1.165, 1.54) is 43.3 Å². The number of aliphatic imine (C=N–C) groups is 1. The van der Waals surface area contributed by atoms with E-state index >= 15 is 0 Å². The van der Waals surface area contributed by atoms with Crippen LogP contribution in [0.1, 0.15) is 35.8 Å². The van der Waals surface area contributed by atoms with Crippen LogP contribution < -0.4 is 5.32 Å². The fourth-order valence-corrected chi connectivity index (χ4v) is 4.30. The van der Waals surface area contributed by atoms with Crippen molar-refractivity contribution in [3.05, 3.63) is 63.1 Å². The van der Waals surface area contributed by atoms with E-state index in [0.29, 0.717) is 16.9 Å². The van der Waals surface area contributed by atoms with Crippen molar-refractivity contribution in [3.63, 3.8) is 0 Å². The van der Waals surface area contributed by atoms with Crippen molar-refractivity contribution < 1.29 is 22.4 Å². The maximum atomic E-state index is 13.8. The first kappa shape index (κ1) is 21.1. The number of benzene rings is 1. The highest BCUT2D eigenvalue weighted by Crippen LogP contribution is 2.45. The molecular weight excluding hydrogens is 406 g/mol. The van der Waals surface area contributed by atoms with Crippen molar-refractivity contribution in [2.45, 2.75) is 31.2 Å². The van der Waals surface area contributed by atoms with Gasteiger partial charge < -0.3 is 5.32 Å². The van der Waals surface area contributed by atoms with Crippen molar-refractivity contribution in [2.24, 2.45) is 4.99 Å². The molecular formula is C20H19F4N3OS. The van der Waals surface area contributed by atoms with Crippen LogP contribution in [0, 0.1) is 10.9 Å². The number of nitrogens with one attached hydrogen (secondary N) is 1. The second-order valence-corrected chi connectivity index (χ2v) is 8.09. The Hall–Kier alpha value is -2.64. The van der Waals surface area contributed by atoms with Gasteiger partial charge in [0.15, 0.2) is 11.6 Å². The molecule has 2 atom stereocenters. The van der Waals surface area contributed by atoms with Crippen LogP contribution in [0.3, 0.4) is 0 Å². The average Bonchev–Trinajstić information content (AvgIpc) is 2.99. The predicted molar refractivity (Wildman–Crippen MR) is 103 cm³/mol. The molecule has 0 aliphatic carbocycles. The van der Waals surface area contributed by atoms with Gasteiger partial charge in [0, 0.05) is 37.3 Å². The third-order valence-corrected chi connectivity index (χ3v) is 6.13. The zero-order valence-corrected chi connectivity index (χ0v) is 17.0. The van der Waals surface area contributed by atoms with Crippen LogP contribution in [0.15, 0.2) is 41.1 Å². The van der Waals surface area contributed by atoms with Crippen LogP contribution >= 0.6 is 11.3 Å². The number of hydrogen-bond donors (Lipinski definition) is 1. The van der Waals surface area contributed by atoms with Gasteiger partial charge in [-0.15, -0.1) is 11.3 Å². The Morgan fingerprint density at radius 1 is 1.28 bits per heavy atom. The van der Waals surface area contributed by atoms with E-state index in [4.69, 9.17) is 0 Å². The number of halogens is 4. The average molecular weight is 425 g/mol. The fourth-order valence-electron chi connectivity index (χ4n) is 3.41. The highest BCUT2D eigenvalue weighted by Gasteiger charge is 2.49. The summed E-state index contributed by atoms with van der Waals surface area (Å²) in [6.45, 7) is 2.42. The lowest BCUT2D eigenvalue weighted by molar-refractivity contribution is -0.134. The fraction of sp³-hybridized carbons (Fsp3) is 0.350. The summed E-state index contributed by atoms with van der Waals surface area (Å²) in [7, 11) is 2.99. The number of nitrogens with zero attached hydrogens (tertiary/aromatic N) is 2. The van der Waals surface area contributed by atoms with Gasteiger partial charge in [0.25, 0.3) is 5.92 Å². The van der Waals surface area contributed by atoms with E-state index in [1.54, 1.807) is 6.92 Å². The van der Waals surface area contributed by atoms with E-state index in [-0.39, 0.29) is 22.2 Å². The smallest absolute Gasteiger partial charge is 0.270 e. The normalized spacial score (nSPS) is 22.3. The van der Waals surface area contributed by atoms with Crippen LogP contribution in [0.5, 0.6) is 0 Å². The molecule has 1 saturated heterocycles. The number of thiophene rings is 1. The molecule has 29 heavy (non-hydrogen) atoms. The topological polar surface area (TPSA) is 44.7 Å². The summed E-state index contributed by atoms with van der Waals surface area (Å²) < 4.78 is 54.7. The van der Waals surface area contributed by atoms with Crippen LogP contribution in [-0.4, -0.2) is 30.8 Å². The Bertz CT molecular complexity index is 986. The molecule has 0 unspecified atom stereocenters. The van der Waals surface area contributed by atoms with E-state index in [0.717, 1.165) is 13.0 Å². The van der Waals surface area contributed by atoms with Gasteiger partial charge in [0.05, 0.1) is 11.5 Å². The molecule has 4 nitrogen and oxygen atoms in total. The minimum atomic E-state index is -3.03. The first-order valence-corrected chi connectivity index (χ1v) is 9.51. The monoisotopic (exact) mass is 425 g/mol. The van der Waals surface area contributed by atoms with Crippen molar-refractivity contribution in [1.29, 1.82) is 0 Å². The van der Waals surface area contributed by atoms with E-state index in [9.17, 15) is 22.4 Å². The molecule has 1 aromatic heterocycles. The number of carbonyl (C=O) groups excluding carboxylic acids is 1. The van der Waals surface area contributed by atoms with Crippen molar-refractivity contribution in [3.8, 4) is 0 Å². The molecule has 154 valence electrons. The number of alkyl halides is 2. The molecule has 0 spiro atoms. The Labute approximate surface area is 169 Å². The molecule has 1 amide bonds. The predicted octanol–water partition coefficient (Wildman–Crippen LogP) is 4.34. The van der Waals surface area contributed by atoms with Gasteiger partial charge in [-0.2, -0.15) is 4.39 Å². The van der Waals surface area contributed by atoms with Gasteiger partial charge in [-0.1, -0.05) is 24.3 Å². The standard InChI is InChI=1S/C20H19F4N3OS/c1-19(14-9-13(21)17(22)29-14)16(18(28)27(4)15(26-19)10-25-3)11-5-7-12(8-6-11)20(2,23)24/h5-9,16,26H,1-4H3/t16-,19+/m0/s1. The molecule has 1 fully saturated rings. The molecule has 0 radical (unpaired) electrons. The second kappa shape index (κ2) is 7.31. The molecule has 1 aliphatic rings. The maximum absolute atomic E-state index is 13.8. The lowest BCUT2D eigenvalue weighted by atomic mass is 9.76. The molecule has 0 bridgehead atoms. The first-order chi connectivity index (χ1) is 13.5. The van der Waals surface area contributed by atoms with Gasteiger partial charge in [-0.25, -0.2) is 18.2 Å². The van der Waals surface area contributed by atoms with Crippen LogP contribution in [0.2, 0.25) is 0 Å². The second-order valence-electron chi connectivity index (χ2n) is 7.08. The van der Waals surface area contributed by atoms with Gasteiger partial charge in [-0.05, 0) is 18.6 Å². The molecule has 1 aliphatic heterocycles. The lowest BCUT2D eigenvalue weighted by Crippen LogP contribution is -2.58. The molecule has 2 aromatic rings. The lowest BCUT2D eigenvalue weighted by Gasteiger charge is -2.45. The third kappa shape index (κ3) is 3.68. The van der Waals surface area contributed by atoms with Gasteiger partial charge in [-0.3, -0.25) is 9.69 Å². The minimum Gasteiger partial charge on any atom is -0.352 e. The summed E-state index contributed by atoms with van der Waals surface area (Å²) >= 11 is 0.582. The summed E-state index contributed by atoms with van der Waals surface area (Å²) in [5.74, 6) is -2.45. The van der Waals surface area contributed by atoms with Crippen molar-refractivity contribution in [1.82, 2.24) is 10.2 Å². The Kier molecular flexibility index (Phi) is 5.32.